The predicted octanol–water partition coefficient (Wildman–Crippen LogP) is 2.13. The average Bonchev–Trinajstić information content (AvgIpc) is 2.57. The quantitative estimate of drug-likeness (QED) is 0.928. The highest BCUT2D eigenvalue weighted by atomic mass is 19.1. The molecule has 3 rings (SSSR count). The van der Waals surface area contributed by atoms with Gasteiger partial charge in [0.15, 0.2) is 0 Å². The normalized spacial score (nSPS) is 26.3. The summed E-state index contributed by atoms with van der Waals surface area (Å²) in [5.74, 6) is 0.00397. The van der Waals surface area contributed by atoms with Crippen LogP contribution in [0.15, 0.2) is 24.3 Å². The number of rotatable bonds is 3. The standard InChI is InChI=1S/C18H26FN3O/c19-15-8-6-14(7-9-15)12-21-10-2-1-5-17(21)18(23)22-11-3-4-16(20)13-22/h6-9,16-17H,1-5,10-13,20H2/t16-,17+/m1/s1. The second kappa shape index (κ2) is 7.41. The van der Waals surface area contributed by atoms with Gasteiger partial charge in [-0.1, -0.05) is 18.6 Å². The topological polar surface area (TPSA) is 49.6 Å². The number of benzene rings is 1. The van der Waals surface area contributed by atoms with E-state index in [-0.39, 0.29) is 23.8 Å². The number of hydrogen-bond donors (Lipinski definition) is 1. The lowest BCUT2D eigenvalue weighted by molar-refractivity contribution is -0.139. The molecule has 2 atom stereocenters. The largest absolute Gasteiger partial charge is 0.340 e. The summed E-state index contributed by atoms with van der Waals surface area (Å²) in [6.45, 7) is 3.14. The zero-order valence-corrected chi connectivity index (χ0v) is 13.6. The Bertz CT molecular complexity index is 534. The van der Waals surface area contributed by atoms with Crippen molar-refractivity contribution in [1.29, 1.82) is 0 Å². The molecule has 0 radical (unpaired) electrons. The molecule has 0 aliphatic carbocycles. The van der Waals surface area contributed by atoms with Crippen molar-refractivity contribution < 1.29 is 9.18 Å². The predicted molar refractivity (Wildman–Crippen MR) is 88.2 cm³/mol. The fourth-order valence-corrected chi connectivity index (χ4v) is 3.71. The third-order valence-corrected chi connectivity index (χ3v) is 4.97. The number of amides is 1. The molecule has 2 heterocycles. The Morgan fingerprint density at radius 3 is 2.65 bits per heavy atom. The van der Waals surface area contributed by atoms with Crippen molar-refractivity contribution in [3.05, 3.63) is 35.6 Å². The maximum atomic E-state index is 13.1. The summed E-state index contributed by atoms with van der Waals surface area (Å²) < 4.78 is 13.1. The summed E-state index contributed by atoms with van der Waals surface area (Å²) in [5, 5.41) is 0. The van der Waals surface area contributed by atoms with Gasteiger partial charge < -0.3 is 10.6 Å². The van der Waals surface area contributed by atoms with Gasteiger partial charge in [0.05, 0.1) is 6.04 Å². The highest BCUT2D eigenvalue weighted by Gasteiger charge is 2.33. The SMILES string of the molecule is N[C@@H]1CCCN(C(=O)[C@@H]2CCCCN2Cc2ccc(F)cc2)C1. The van der Waals surface area contributed by atoms with Crippen molar-refractivity contribution in [3.8, 4) is 0 Å². The number of nitrogens with zero attached hydrogens (tertiary/aromatic N) is 2. The molecule has 1 aromatic rings. The lowest BCUT2D eigenvalue weighted by atomic mass is 9.98. The van der Waals surface area contributed by atoms with E-state index in [1.807, 2.05) is 17.0 Å². The van der Waals surface area contributed by atoms with E-state index < -0.39 is 0 Å². The Kier molecular flexibility index (Phi) is 5.28. The van der Waals surface area contributed by atoms with Crippen molar-refractivity contribution >= 4 is 5.91 Å². The Morgan fingerprint density at radius 2 is 1.91 bits per heavy atom. The summed E-state index contributed by atoms with van der Waals surface area (Å²) in [7, 11) is 0. The van der Waals surface area contributed by atoms with Crippen molar-refractivity contribution in [2.75, 3.05) is 19.6 Å². The molecule has 1 aromatic carbocycles. The molecule has 0 unspecified atom stereocenters. The van der Waals surface area contributed by atoms with E-state index in [0.29, 0.717) is 13.1 Å². The van der Waals surface area contributed by atoms with E-state index in [0.717, 1.165) is 50.8 Å². The average molecular weight is 319 g/mol. The van der Waals surface area contributed by atoms with Crippen LogP contribution >= 0.6 is 0 Å². The lowest BCUT2D eigenvalue weighted by Gasteiger charge is -2.40. The second-order valence-corrected chi connectivity index (χ2v) is 6.80. The number of likely N-dealkylation sites (tertiary alicyclic amines) is 2. The van der Waals surface area contributed by atoms with Crippen molar-refractivity contribution in [1.82, 2.24) is 9.80 Å². The molecule has 4 nitrogen and oxygen atoms in total. The third-order valence-electron chi connectivity index (χ3n) is 4.97. The first-order chi connectivity index (χ1) is 11.1. The van der Waals surface area contributed by atoms with Gasteiger partial charge in [0.2, 0.25) is 5.91 Å². The van der Waals surface area contributed by atoms with E-state index in [2.05, 4.69) is 4.90 Å². The second-order valence-electron chi connectivity index (χ2n) is 6.80. The molecule has 23 heavy (non-hydrogen) atoms. The summed E-state index contributed by atoms with van der Waals surface area (Å²) in [5.41, 5.74) is 7.08. The van der Waals surface area contributed by atoms with E-state index in [1.165, 1.54) is 12.1 Å². The highest BCUT2D eigenvalue weighted by Crippen LogP contribution is 2.23. The number of hydrogen-bond acceptors (Lipinski definition) is 3. The van der Waals surface area contributed by atoms with Crippen LogP contribution in [0.4, 0.5) is 4.39 Å². The van der Waals surface area contributed by atoms with Crippen LogP contribution in [0.25, 0.3) is 0 Å². The van der Waals surface area contributed by atoms with Crippen LogP contribution in [0.5, 0.6) is 0 Å². The molecule has 126 valence electrons. The Labute approximate surface area is 137 Å². The molecular weight excluding hydrogens is 293 g/mol. The Morgan fingerprint density at radius 1 is 1.13 bits per heavy atom. The van der Waals surface area contributed by atoms with Gasteiger partial charge in [0.25, 0.3) is 0 Å². The van der Waals surface area contributed by atoms with Gasteiger partial charge >= 0.3 is 0 Å². The van der Waals surface area contributed by atoms with Crippen LogP contribution in [-0.4, -0.2) is 47.4 Å². The molecule has 0 saturated carbocycles. The zero-order valence-electron chi connectivity index (χ0n) is 13.6. The molecular formula is C18H26FN3O. The van der Waals surface area contributed by atoms with E-state index in [9.17, 15) is 9.18 Å². The lowest BCUT2D eigenvalue weighted by Crippen LogP contribution is -2.54. The first-order valence-electron chi connectivity index (χ1n) is 8.66. The first kappa shape index (κ1) is 16.4. The fraction of sp³-hybridized carbons (Fsp3) is 0.611. The van der Waals surface area contributed by atoms with Crippen molar-refractivity contribution in [2.45, 2.75) is 50.7 Å². The molecule has 2 N–H and O–H groups in total. The molecule has 2 fully saturated rings. The van der Waals surface area contributed by atoms with Crippen LogP contribution in [0.3, 0.4) is 0 Å². The summed E-state index contributed by atoms with van der Waals surface area (Å²) in [4.78, 5) is 17.1. The molecule has 2 saturated heterocycles. The highest BCUT2D eigenvalue weighted by molar-refractivity contribution is 5.82. The number of carbonyl (C=O) groups is 1. The first-order valence-corrected chi connectivity index (χ1v) is 8.66. The zero-order chi connectivity index (χ0) is 16.2. The molecule has 0 bridgehead atoms. The summed E-state index contributed by atoms with van der Waals surface area (Å²) in [6, 6.07) is 6.64. The van der Waals surface area contributed by atoms with E-state index in [1.54, 1.807) is 0 Å². The van der Waals surface area contributed by atoms with Crippen LogP contribution < -0.4 is 5.73 Å². The van der Waals surface area contributed by atoms with Gasteiger partial charge in [-0.15, -0.1) is 0 Å². The van der Waals surface area contributed by atoms with Gasteiger partial charge in [-0.05, 0) is 49.9 Å². The minimum atomic E-state index is -0.220. The third kappa shape index (κ3) is 4.09. The number of piperidine rings is 2. The number of carbonyl (C=O) groups excluding carboxylic acids is 1. The summed E-state index contributed by atoms with van der Waals surface area (Å²) in [6.07, 6.45) is 5.12. The molecule has 1 amide bonds. The molecule has 0 aromatic heterocycles. The molecule has 0 spiro atoms. The van der Waals surface area contributed by atoms with Gasteiger partial charge in [0, 0.05) is 25.7 Å². The Hall–Kier alpha value is -1.46. The molecule has 2 aliphatic rings. The van der Waals surface area contributed by atoms with Gasteiger partial charge in [-0.25, -0.2) is 4.39 Å². The van der Waals surface area contributed by atoms with E-state index in [4.69, 9.17) is 5.73 Å². The minimum absolute atomic E-state index is 0.0564. The maximum absolute atomic E-state index is 13.1. The van der Waals surface area contributed by atoms with Crippen LogP contribution in [-0.2, 0) is 11.3 Å². The van der Waals surface area contributed by atoms with Crippen LogP contribution in [0.2, 0.25) is 0 Å². The minimum Gasteiger partial charge on any atom is -0.340 e. The van der Waals surface area contributed by atoms with Crippen molar-refractivity contribution in [2.24, 2.45) is 5.73 Å². The van der Waals surface area contributed by atoms with Crippen LogP contribution in [0.1, 0.15) is 37.7 Å². The van der Waals surface area contributed by atoms with Gasteiger partial charge in [-0.3, -0.25) is 9.69 Å². The number of nitrogens with two attached hydrogens (primary N) is 1. The number of halogens is 1. The maximum Gasteiger partial charge on any atom is 0.239 e. The van der Waals surface area contributed by atoms with Gasteiger partial charge in [0.1, 0.15) is 5.82 Å². The van der Waals surface area contributed by atoms with E-state index >= 15 is 0 Å². The van der Waals surface area contributed by atoms with Crippen LogP contribution in [0, 0.1) is 5.82 Å². The van der Waals surface area contributed by atoms with Crippen molar-refractivity contribution in [3.63, 3.8) is 0 Å². The summed E-state index contributed by atoms with van der Waals surface area (Å²) >= 11 is 0. The van der Waals surface area contributed by atoms with Gasteiger partial charge in [-0.2, -0.15) is 0 Å². The Balaban J connectivity index is 1.68. The monoisotopic (exact) mass is 319 g/mol. The molecule has 5 heteroatoms. The molecule has 2 aliphatic heterocycles. The smallest absolute Gasteiger partial charge is 0.239 e. The fourth-order valence-electron chi connectivity index (χ4n) is 3.71.